The summed E-state index contributed by atoms with van der Waals surface area (Å²) in [4.78, 5) is 14.7. The van der Waals surface area contributed by atoms with Crippen molar-refractivity contribution < 1.29 is 9.90 Å². The van der Waals surface area contributed by atoms with Gasteiger partial charge < -0.3 is 5.11 Å². The summed E-state index contributed by atoms with van der Waals surface area (Å²) in [6.45, 7) is 5.88. The number of hydrogen-bond donors (Lipinski definition) is 1. The van der Waals surface area contributed by atoms with Gasteiger partial charge in [0, 0.05) is 18.2 Å². The van der Waals surface area contributed by atoms with Gasteiger partial charge in [0.1, 0.15) is 5.75 Å². The molecule has 3 nitrogen and oxygen atoms in total. The number of aromatic hydroxyl groups is 1. The third-order valence-electron chi connectivity index (χ3n) is 3.98. The fourth-order valence-electron chi connectivity index (χ4n) is 3.00. The van der Waals surface area contributed by atoms with Crippen LogP contribution in [0.25, 0.3) is 0 Å². The van der Waals surface area contributed by atoms with Gasteiger partial charge in [-0.1, -0.05) is 26.7 Å². The predicted molar refractivity (Wildman–Crippen MR) is 81.1 cm³/mol. The number of rotatable bonds is 6. The van der Waals surface area contributed by atoms with E-state index < -0.39 is 0 Å². The summed E-state index contributed by atoms with van der Waals surface area (Å²) >= 11 is 0. The summed E-state index contributed by atoms with van der Waals surface area (Å²) in [5.41, 5.74) is 0.689. The monoisotopic (exact) mass is 275 g/mol. The first-order valence-corrected chi connectivity index (χ1v) is 7.62. The van der Waals surface area contributed by atoms with Crippen LogP contribution in [-0.2, 0) is 0 Å². The first kappa shape index (κ1) is 15.0. The number of hydrogen-bond acceptors (Lipinski definition) is 3. The second-order valence-electron chi connectivity index (χ2n) is 6.23. The maximum Gasteiger partial charge on any atom is 0.176 e. The molecule has 0 atom stereocenters. The lowest BCUT2D eigenvalue weighted by molar-refractivity contribution is 0.0876. The van der Waals surface area contributed by atoms with E-state index in [1.165, 1.54) is 25.7 Å². The molecule has 1 aromatic carbocycles. The van der Waals surface area contributed by atoms with Gasteiger partial charge in [-0.2, -0.15) is 0 Å². The number of carbonyl (C=O) groups is 1. The van der Waals surface area contributed by atoms with E-state index >= 15 is 0 Å². The molecule has 0 saturated heterocycles. The van der Waals surface area contributed by atoms with E-state index in [0.717, 1.165) is 6.54 Å². The fourth-order valence-corrected chi connectivity index (χ4v) is 3.00. The minimum Gasteiger partial charge on any atom is -0.508 e. The molecule has 110 valence electrons. The van der Waals surface area contributed by atoms with Crippen LogP contribution in [0, 0.1) is 5.92 Å². The van der Waals surface area contributed by atoms with Crippen molar-refractivity contribution in [3.05, 3.63) is 29.8 Å². The van der Waals surface area contributed by atoms with Gasteiger partial charge in [0.05, 0.1) is 6.54 Å². The highest BCUT2D eigenvalue weighted by atomic mass is 16.3. The Labute approximate surface area is 121 Å². The average molecular weight is 275 g/mol. The molecule has 0 spiro atoms. The van der Waals surface area contributed by atoms with Crippen LogP contribution in [0.5, 0.6) is 5.75 Å². The highest BCUT2D eigenvalue weighted by Gasteiger charge is 2.25. The number of ketones is 1. The zero-order valence-corrected chi connectivity index (χ0v) is 12.5. The zero-order valence-electron chi connectivity index (χ0n) is 12.5. The van der Waals surface area contributed by atoms with Gasteiger partial charge in [-0.25, -0.2) is 0 Å². The molecule has 1 aliphatic carbocycles. The lowest BCUT2D eigenvalue weighted by Crippen LogP contribution is -2.40. The van der Waals surface area contributed by atoms with Crippen molar-refractivity contribution in [1.82, 2.24) is 4.90 Å². The van der Waals surface area contributed by atoms with Gasteiger partial charge in [-0.05, 0) is 43.0 Å². The van der Waals surface area contributed by atoms with Gasteiger partial charge >= 0.3 is 0 Å². The van der Waals surface area contributed by atoms with E-state index in [4.69, 9.17) is 0 Å². The minimum atomic E-state index is 0.151. The lowest BCUT2D eigenvalue weighted by Gasteiger charge is -2.29. The van der Waals surface area contributed by atoms with Crippen LogP contribution in [0.3, 0.4) is 0 Å². The maximum absolute atomic E-state index is 12.4. The Morgan fingerprint density at radius 1 is 1.25 bits per heavy atom. The molecule has 1 fully saturated rings. The molecule has 0 aliphatic heterocycles. The second kappa shape index (κ2) is 6.89. The Kier molecular flexibility index (Phi) is 5.18. The molecule has 20 heavy (non-hydrogen) atoms. The van der Waals surface area contributed by atoms with Crippen LogP contribution in [-0.4, -0.2) is 34.9 Å². The predicted octanol–water partition coefficient (Wildman–Crippen LogP) is 3.48. The molecule has 1 saturated carbocycles. The molecule has 0 bridgehead atoms. The number of benzene rings is 1. The van der Waals surface area contributed by atoms with Crippen molar-refractivity contribution in [2.45, 2.75) is 45.6 Å². The van der Waals surface area contributed by atoms with Crippen molar-refractivity contribution in [1.29, 1.82) is 0 Å². The Bertz CT molecular complexity index is 433. The smallest absolute Gasteiger partial charge is 0.176 e. The van der Waals surface area contributed by atoms with Crippen LogP contribution in [0.4, 0.5) is 0 Å². The standard InChI is InChI=1S/C17H25NO2/c1-13(2)11-18(15-5-3-4-6-15)12-17(20)14-7-9-16(19)10-8-14/h7-10,13,15,19H,3-6,11-12H2,1-2H3. The Morgan fingerprint density at radius 2 is 1.85 bits per heavy atom. The van der Waals surface area contributed by atoms with Gasteiger partial charge in [0.15, 0.2) is 5.78 Å². The molecule has 0 radical (unpaired) electrons. The summed E-state index contributed by atoms with van der Waals surface area (Å²) < 4.78 is 0. The van der Waals surface area contributed by atoms with Crippen molar-refractivity contribution in [2.24, 2.45) is 5.92 Å². The molecule has 0 amide bonds. The molecule has 0 aromatic heterocycles. The Hall–Kier alpha value is -1.35. The first-order valence-electron chi connectivity index (χ1n) is 7.62. The van der Waals surface area contributed by atoms with Crippen LogP contribution in [0.1, 0.15) is 49.9 Å². The number of Topliss-reactive ketones (excluding diaryl/α,β-unsaturated/α-hetero) is 1. The number of phenolic OH excluding ortho intramolecular Hbond substituents is 1. The van der Waals surface area contributed by atoms with E-state index in [-0.39, 0.29) is 11.5 Å². The molecule has 0 unspecified atom stereocenters. The van der Waals surface area contributed by atoms with Gasteiger partial charge in [0.25, 0.3) is 0 Å². The highest BCUT2D eigenvalue weighted by Crippen LogP contribution is 2.24. The van der Waals surface area contributed by atoms with E-state index in [0.29, 0.717) is 24.1 Å². The van der Waals surface area contributed by atoms with E-state index in [2.05, 4.69) is 18.7 Å². The van der Waals surface area contributed by atoms with Crippen molar-refractivity contribution in [3.8, 4) is 5.75 Å². The molecule has 2 rings (SSSR count). The summed E-state index contributed by atoms with van der Waals surface area (Å²) in [5, 5.41) is 9.29. The maximum atomic E-state index is 12.4. The summed E-state index contributed by atoms with van der Waals surface area (Å²) in [5.74, 6) is 0.928. The summed E-state index contributed by atoms with van der Waals surface area (Å²) in [6.07, 6.45) is 5.00. The van der Waals surface area contributed by atoms with Crippen LogP contribution in [0.2, 0.25) is 0 Å². The average Bonchev–Trinajstić information content (AvgIpc) is 2.92. The Balaban J connectivity index is 2.02. The number of nitrogens with zero attached hydrogens (tertiary/aromatic N) is 1. The SMILES string of the molecule is CC(C)CN(CC(=O)c1ccc(O)cc1)C1CCCC1. The van der Waals surface area contributed by atoms with Gasteiger partial charge in [-0.15, -0.1) is 0 Å². The van der Waals surface area contributed by atoms with Crippen molar-refractivity contribution in [3.63, 3.8) is 0 Å². The van der Waals surface area contributed by atoms with E-state index in [1.54, 1.807) is 24.3 Å². The molecule has 1 N–H and O–H groups in total. The van der Waals surface area contributed by atoms with Crippen molar-refractivity contribution in [2.75, 3.05) is 13.1 Å². The Morgan fingerprint density at radius 3 is 2.40 bits per heavy atom. The normalized spacial score (nSPS) is 16.2. The van der Waals surface area contributed by atoms with Gasteiger partial charge in [0.2, 0.25) is 0 Å². The summed E-state index contributed by atoms with van der Waals surface area (Å²) in [6, 6.07) is 7.14. The van der Waals surface area contributed by atoms with Crippen molar-refractivity contribution >= 4 is 5.78 Å². The largest absolute Gasteiger partial charge is 0.508 e. The van der Waals surface area contributed by atoms with E-state index in [9.17, 15) is 9.90 Å². The second-order valence-corrected chi connectivity index (χ2v) is 6.23. The topological polar surface area (TPSA) is 40.5 Å². The fraction of sp³-hybridized carbons (Fsp3) is 0.588. The molecule has 1 aromatic rings. The van der Waals surface area contributed by atoms with Crippen LogP contribution >= 0.6 is 0 Å². The summed E-state index contributed by atoms with van der Waals surface area (Å²) in [7, 11) is 0. The molecule has 0 heterocycles. The third kappa shape index (κ3) is 4.07. The highest BCUT2D eigenvalue weighted by molar-refractivity contribution is 5.97. The quantitative estimate of drug-likeness (QED) is 0.808. The first-order chi connectivity index (χ1) is 9.56. The van der Waals surface area contributed by atoms with E-state index in [1.807, 2.05) is 0 Å². The van der Waals surface area contributed by atoms with Gasteiger partial charge in [-0.3, -0.25) is 9.69 Å². The third-order valence-corrected chi connectivity index (χ3v) is 3.98. The number of carbonyl (C=O) groups excluding carboxylic acids is 1. The van der Waals surface area contributed by atoms with Crippen LogP contribution < -0.4 is 0 Å². The minimum absolute atomic E-state index is 0.151. The number of phenols is 1. The molecule has 3 heteroatoms. The van der Waals surface area contributed by atoms with Crippen LogP contribution in [0.15, 0.2) is 24.3 Å². The lowest BCUT2D eigenvalue weighted by atomic mass is 10.1. The molecule has 1 aliphatic rings. The molecular formula is C17H25NO2. The molecular weight excluding hydrogens is 250 g/mol. The zero-order chi connectivity index (χ0) is 14.5.